The first-order valence-electron chi connectivity index (χ1n) is 12.4. The predicted molar refractivity (Wildman–Crippen MR) is 143 cm³/mol. The number of piperidine rings is 1. The number of hydrogen-bond acceptors (Lipinski definition) is 11. The summed E-state index contributed by atoms with van der Waals surface area (Å²) >= 11 is 1.24. The lowest BCUT2D eigenvalue weighted by molar-refractivity contribution is 0.0933. The first-order chi connectivity index (χ1) is 18.9. The molecule has 1 amide bonds. The molecule has 0 radical (unpaired) electrons. The molecule has 6 rings (SSSR count). The van der Waals surface area contributed by atoms with E-state index in [1.54, 1.807) is 25.3 Å². The van der Waals surface area contributed by atoms with Crippen molar-refractivity contribution < 1.29 is 9.18 Å². The zero-order chi connectivity index (χ0) is 26.9. The molecule has 0 spiro atoms. The number of benzene rings is 1. The van der Waals surface area contributed by atoms with Crippen molar-refractivity contribution in [2.75, 3.05) is 24.1 Å². The van der Waals surface area contributed by atoms with Crippen LogP contribution in [0.4, 0.5) is 21.0 Å². The van der Waals surface area contributed by atoms with Crippen LogP contribution in [-0.2, 0) is 0 Å². The third kappa shape index (κ3) is 5.13. The van der Waals surface area contributed by atoms with Gasteiger partial charge in [0, 0.05) is 17.4 Å². The molecule has 39 heavy (non-hydrogen) atoms. The number of hydrogen-bond donors (Lipinski definition) is 4. The number of halogens is 1. The molecule has 5 N–H and O–H groups in total. The molecular formula is C24H25FN12OS. The second-order valence-electron chi connectivity index (χ2n) is 9.17. The van der Waals surface area contributed by atoms with E-state index < -0.39 is 11.9 Å². The highest BCUT2D eigenvalue weighted by Gasteiger charge is 2.23. The van der Waals surface area contributed by atoms with Gasteiger partial charge >= 0.3 is 0 Å². The van der Waals surface area contributed by atoms with E-state index in [1.807, 2.05) is 10.9 Å². The Labute approximate surface area is 225 Å². The average Bonchev–Trinajstić information content (AvgIpc) is 3.66. The summed E-state index contributed by atoms with van der Waals surface area (Å²) in [5, 5.41) is 27.0. The van der Waals surface area contributed by atoms with Crippen molar-refractivity contribution in [1.29, 1.82) is 0 Å². The van der Waals surface area contributed by atoms with E-state index in [9.17, 15) is 9.18 Å². The van der Waals surface area contributed by atoms with Gasteiger partial charge in [0.05, 0.1) is 30.2 Å². The maximum absolute atomic E-state index is 13.5. The summed E-state index contributed by atoms with van der Waals surface area (Å²) in [6.07, 6.45) is 7.17. The maximum Gasteiger partial charge on any atom is 0.274 e. The standard InChI is InChI=1S/C24H25FN12OS/c1-13(21-33-34-24-37(21)35-23(39-24)31-16-4-2-3-15(25)9-16)30-22(38)19-20(26)28-11-18(32-19)14-10-29-36(12-14)17-5-7-27-8-6-17/h2-4,9-13,17,27H,5-8H2,1H3,(H2,26,28)(H,30,38)(H,31,35)/t13-/m1/s1. The molecule has 1 aliphatic heterocycles. The number of amides is 1. The van der Waals surface area contributed by atoms with E-state index in [2.05, 4.69) is 46.3 Å². The fraction of sp³-hybridized carbons (Fsp3) is 0.292. The van der Waals surface area contributed by atoms with E-state index >= 15 is 0 Å². The smallest absolute Gasteiger partial charge is 0.274 e. The minimum atomic E-state index is -0.580. The van der Waals surface area contributed by atoms with Crippen LogP contribution < -0.4 is 21.7 Å². The Morgan fingerprint density at radius 3 is 2.92 bits per heavy atom. The molecule has 1 saturated heterocycles. The number of aromatic nitrogens is 8. The van der Waals surface area contributed by atoms with Gasteiger partial charge in [-0.1, -0.05) is 17.4 Å². The molecule has 0 saturated carbocycles. The van der Waals surface area contributed by atoms with E-state index in [1.165, 1.54) is 34.2 Å². The lowest BCUT2D eigenvalue weighted by Crippen LogP contribution is -2.30. The summed E-state index contributed by atoms with van der Waals surface area (Å²) in [6.45, 7) is 3.66. The minimum Gasteiger partial charge on any atom is -0.382 e. The number of carbonyl (C=O) groups excluding carboxylic acids is 1. The lowest BCUT2D eigenvalue weighted by Gasteiger charge is -2.22. The van der Waals surface area contributed by atoms with Gasteiger partial charge in [0.15, 0.2) is 17.3 Å². The average molecular weight is 549 g/mol. The number of nitrogens with two attached hydrogens (primary N) is 1. The summed E-state index contributed by atoms with van der Waals surface area (Å²) in [6, 6.07) is 5.80. The van der Waals surface area contributed by atoms with Crippen LogP contribution in [0.25, 0.3) is 16.2 Å². The Hall–Kier alpha value is -4.50. The molecule has 1 aromatic carbocycles. The van der Waals surface area contributed by atoms with Crippen LogP contribution in [-0.4, -0.2) is 58.6 Å². The van der Waals surface area contributed by atoms with Crippen molar-refractivity contribution in [2.45, 2.75) is 31.8 Å². The van der Waals surface area contributed by atoms with Crippen molar-refractivity contribution in [3.8, 4) is 11.3 Å². The topological polar surface area (TPSA) is 166 Å². The van der Waals surface area contributed by atoms with Crippen LogP contribution in [0.1, 0.15) is 48.2 Å². The van der Waals surface area contributed by atoms with E-state index in [0.29, 0.717) is 33.3 Å². The third-order valence-corrected chi connectivity index (χ3v) is 7.24. The van der Waals surface area contributed by atoms with Gasteiger partial charge in [0.25, 0.3) is 5.91 Å². The lowest BCUT2D eigenvalue weighted by atomic mass is 10.1. The molecule has 15 heteroatoms. The van der Waals surface area contributed by atoms with Gasteiger partial charge in [0.1, 0.15) is 5.82 Å². The molecule has 1 atom stereocenters. The van der Waals surface area contributed by atoms with E-state index in [0.717, 1.165) is 31.5 Å². The molecule has 5 aromatic rings. The summed E-state index contributed by atoms with van der Waals surface area (Å²) in [4.78, 5) is 22.4. The molecule has 5 heterocycles. The highest BCUT2D eigenvalue weighted by Crippen LogP contribution is 2.26. The fourth-order valence-electron chi connectivity index (χ4n) is 4.42. The summed E-state index contributed by atoms with van der Waals surface area (Å²) < 4.78 is 17.0. The Morgan fingerprint density at radius 1 is 1.26 bits per heavy atom. The summed E-state index contributed by atoms with van der Waals surface area (Å²) in [5.41, 5.74) is 7.83. The SMILES string of the molecule is C[C@@H](NC(=O)c1nc(-c2cnn(C3CCNCC3)c2)cnc1N)c1nnc2sc(Nc3cccc(F)c3)nn12. The predicted octanol–water partition coefficient (Wildman–Crippen LogP) is 2.72. The monoisotopic (exact) mass is 548 g/mol. The minimum absolute atomic E-state index is 0.00135. The van der Waals surface area contributed by atoms with Crippen LogP contribution in [0.5, 0.6) is 0 Å². The van der Waals surface area contributed by atoms with Crippen molar-refractivity contribution in [3.05, 3.63) is 60.2 Å². The Kier molecular flexibility index (Phi) is 6.58. The van der Waals surface area contributed by atoms with Gasteiger partial charge < -0.3 is 21.7 Å². The second kappa shape index (κ2) is 10.3. The van der Waals surface area contributed by atoms with E-state index in [4.69, 9.17) is 5.73 Å². The molecule has 0 unspecified atom stereocenters. The van der Waals surface area contributed by atoms with Gasteiger partial charge in [-0.25, -0.2) is 14.4 Å². The van der Waals surface area contributed by atoms with Crippen LogP contribution in [0.3, 0.4) is 0 Å². The number of carbonyl (C=O) groups is 1. The highest BCUT2D eigenvalue weighted by molar-refractivity contribution is 7.20. The maximum atomic E-state index is 13.5. The molecule has 200 valence electrons. The van der Waals surface area contributed by atoms with Crippen LogP contribution in [0.2, 0.25) is 0 Å². The summed E-state index contributed by atoms with van der Waals surface area (Å²) in [5.74, 6) is -0.448. The van der Waals surface area contributed by atoms with Crippen molar-refractivity contribution in [1.82, 2.24) is 50.2 Å². The molecule has 4 aromatic heterocycles. The number of nitrogens with zero attached hydrogens (tertiary/aromatic N) is 8. The zero-order valence-corrected chi connectivity index (χ0v) is 21.7. The molecular weight excluding hydrogens is 523 g/mol. The van der Waals surface area contributed by atoms with Crippen molar-refractivity contribution >= 4 is 38.8 Å². The Bertz CT molecular complexity index is 1640. The zero-order valence-electron chi connectivity index (χ0n) is 20.9. The first-order valence-corrected chi connectivity index (χ1v) is 13.2. The van der Waals surface area contributed by atoms with Crippen LogP contribution in [0.15, 0.2) is 42.9 Å². The summed E-state index contributed by atoms with van der Waals surface area (Å²) in [7, 11) is 0. The number of anilines is 3. The van der Waals surface area contributed by atoms with Crippen LogP contribution in [0, 0.1) is 5.82 Å². The Balaban J connectivity index is 1.18. The van der Waals surface area contributed by atoms with Gasteiger partial charge in [0.2, 0.25) is 10.1 Å². The van der Waals surface area contributed by atoms with Crippen LogP contribution >= 0.6 is 11.3 Å². The normalized spacial score (nSPS) is 14.9. The number of nitrogen functional groups attached to an aromatic ring is 1. The first kappa shape index (κ1) is 24.8. The molecule has 1 aliphatic rings. The van der Waals surface area contributed by atoms with Gasteiger partial charge in [-0.2, -0.15) is 9.61 Å². The third-order valence-electron chi connectivity index (χ3n) is 6.42. The van der Waals surface area contributed by atoms with Crippen molar-refractivity contribution in [2.24, 2.45) is 0 Å². The molecule has 0 bridgehead atoms. The largest absolute Gasteiger partial charge is 0.382 e. The Morgan fingerprint density at radius 2 is 2.10 bits per heavy atom. The molecule has 0 aliphatic carbocycles. The van der Waals surface area contributed by atoms with Gasteiger partial charge in [-0.3, -0.25) is 9.48 Å². The fourth-order valence-corrected chi connectivity index (χ4v) is 5.18. The van der Waals surface area contributed by atoms with E-state index in [-0.39, 0.29) is 17.3 Å². The quantitative estimate of drug-likeness (QED) is 0.237. The number of fused-ring (bicyclic) bond motifs is 1. The number of rotatable bonds is 7. The van der Waals surface area contributed by atoms with Gasteiger partial charge in [-0.05, 0) is 51.1 Å². The second-order valence-corrected chi connectivity index (χ2v) is 10.1. The molecule has 1 fully saturated rings. The highest BCUT2D eigenvalue weighted by atomic mass is 32.1. The van der Waals surface area contributed by atoms with Crippen molar-refractivity contribution in [3.63, 3.8) is 0 Å². The number of nitrogens with one attached hydrogen (secondary N) is 3. The van der Waals surface area contributed by atoms with Gasteiger partial charge in [-0.15, -0.1) is 15.3 Å². The molecule has 13 nitrogen and oxygen atoms in total.